The fraction of sp³-hybridized carbons (Fsp3) is 0. The number of rotatable bonds is 0. The molecule has 0 aromatic heterocycles. The summed E-state index contributed by atoms with van der Waals surface area (Å²) in [4.78, 5) is 0. The SMILES string of the molecule is N.N.N.N.[OH-].[OH-].[OH-].[OH-].[Pt+4]. The third-order valence-electron chi connectivity index (χ3n) is 0. The fourth-order valence-corrected chi connectivity index (χ4v) is 0. The first-order valence-electron chi connectivity index (χ1n) is 0. The molecule has 0 aliphatic carbocycles. The quantitative estimate of drug-likeness (QED) is 0.465. The van der Waals surface area contributed by atoms with Crippen molar-refractivity contribution in [1.82, 2.24) is 24.6 Å². The van der Waals surface area contributed by atoms with Crippen LogP contribution in [0.15, 0.2) is 0 Å². The summed E-state index contributed by atoms with van der Waals surface area (Å²) in [6, 6.07) is 0. The molecule has 0 saturated heterocycles. The predicted octanol–water partition coefficient (Wildman–Crippen LogP) is -0.0617. The number of hydrogen-bond donors (Lipinski definition) is 4. The predicted molar refractivity (Wildman–Crippen MR) is 27.8 cm³/mol. The molecule has 0 atom stereocenters. The largest absolute Gasteiger partial charge is 4.00 e. The second kappa shape index (κ2) is 3350. The molecule has 0 radical (unpaired) electrons. The summed E-state index contributed by atoms with van der Waals surface area (Å²) in [5.74, 6) is 0. The van der Waals surface area contributed by atoms with Crippen LogP contribution in [0.1, 0.15) is 0 Å². The second-order valence-electron chi connectivity index (χ2n) is 0. The molecular weight excluding hydrogens is 315 g/mol. The summed E-state index contributed by atoms with van der Waals surface area (Å²) in [6.45, 7) is 0. The van der Waals surface area contributed by atoms with E-state index in [-0.39, 0.29) is 67.6 Å². The minimum Gasteiger partial charge on any atom is -0.870 e. The summed E-state index contributed by atoms with van der Waals surface area (Å²) >= 11 is 0. The molecule has 9 heavy (non-hydrogen) atoms. The third-order valence-corrected chi connectivity index (χ3v) is 0. The maximum absolute atomic E-state index is 0. The maximum atomic E-state index is 0. The van der Waals surface area contributed by atoms with Gasteiger partial charge in [-0.05, 0) is 0 Å². The van der Waals surface area contributed by atoms with E-state index in [0.717, 1.165) is 0 Å². The normalized spacial score (nSPS) is 0. The van der Waals surface area contributed by atoms with E-state index in [1.54, 1.807) is 0 Å². The Morgan fingerprint density at radius 1 is 0.333 bits per heavy atom. The van der Waals surface area contributed by atoms with E-state index in [1.807, 2.05) is 0 Å². The molecule has 0 aliphatic rings. The molecule has 8 nitrogen and oxygen atoms in total. The zero-order chi connectivity index (χ0) is 0. The minimum atomic E-state index is 0. The smallest absolute Gasteiger partial charge is 0.870 e. The average Bonchev–Trinajstić information content (AvgIpc) is 0. The van der Waals surface area contributed by atoms with Gasteiger partial charge in [-0.15, -0.1) is 0 Å². The van der Waals surface area contributed by atoms with E-state index >= 15 is 0 Å². The summed E-state index contributed by atoms with van der Waals surface area (Å²) in [6.07, 6.45) is 0. The van der Waals surface area contributed by atoms with Crippen molar-refractivity contribution in [2.24, 2.45) is 0 Å². The van der Waals surface area contributed by atoms with Gasteiger partial charge in [0.15, 0.2) is 0 Å². The zero-order valence-corrected chi connectivity index (χ0v) is 7.21. The monoisotopic (exact) mass is 331 g/mol. The first-order chi connectivity index (χ1) is 0. The van der Waals surface area contributed by atoms with E-state index in [2.05, 4.69) is 0 Å². The van der Waals surface area contributed by atoms with Crippen LogP contribution >= 0.6 is 0 Å². The molecule has 16 N–H and O–H groups in total. The Kier molecular flexibility index (Phi) is 1800000. The topological polar surface area (TPSA) is 260 Å². The Bertz CT molecular complexity index is 12.5. The van der Waals surface area contributed by atoms with Gasteiger partial charge in [0.2, 0.25) is 0 Å². The van der Waals surface area contributed by atoms with Gasteiger partial charge in [-0.25, -0.2) is 0 Å². The van der Waals surface area contributed by atoms with Gasteiger partial charge in [0.25, 0.3) is 0 Å². The van der Waals surface area contributed by atoms with Gasteiger partial charge < -0.3 is 46.5 Å². The van der Waals surface area contributed by atoms with Crippen LogP contribution in [-0.2, 0) is 21.1 Å². The van der Waals surface area contributed by atoms with Gasteiger partial charge in [0.1, 0.15) is 0 Å². The van der Waals surface area contributed by atoms with Gasteiger partial charge in [0.05, 0.1) is 0 Å². The Labute approximate surface area is 68.2 Å². The van der Waals surface area contributed by atoms with Gasteiger partial charge >= 0.3 is 21.1 Å². The van der Waals surface area contributed by atoms with E-state index in [9.17, 15) is 0 Å². The summed E-state index contributed by atoms with van der Waals surface area (Å²) in [5.41, 5.74) is 0. The van der Waals surface area contributed by atoms with Crippen LogP contribution in [0.25, 0.3) is 0 Å². The van der Waals surface area contributed by atoms with Gasteiger partial charge in [-0.3, -0.25) is 0 Å². The first kappa shape index (κ1) is 4840. The molecule has 0 saturated carbocycles. The molecule has 0 rings (SSSR count). The molecule has 0 amide bonds. The summed E-state index contributed by atoms with van der Waals surface area (Å²) in [7, 11) is 0. The number of hydrogen-bond acceptors (Lipinski definition) is 8. The average molecular weight is 331 g/mol. The fourth-order valence-electron chi connectivity index (χ4n) is 0. The maximum Gasteiger partial charge on any atom is 4.00 e. The standard InChI is InChI=1S/4H3N.4H2O.Pt/h4*1H3;4*1H2;/q;;;;;;;;+4/p-4. The molecule has 9 heteroatoms. The Hall–Kier alpha value is 0.368. The van der Waals surface area contributed by atoms with E-state index in [1.165, 1.54) is 0 Å². The van der Waals surface area contributed by atoms with Crippen molar-refractivity contribution in [2.75, 3.05) is 0 Å². The minimum absolute atomic E-state index is 0. The van der Waals surface area contributed by atoms with Gasteiger partial charge in [0, 0.05) is 0 Å². The molecule has 0 bridgehead atoms. The van der Waals surface area contributed by atoms with Crippen molar-refractivity contribution in [1.29, 1.82) is 0 Å². The van der Waals surface area contributed by atoms with Crippen molar-refractivity contribution in [3.8, 4) is 0 Å². The van der Waals surface area contributed by atoms with Crippen molar-refractivity contribution in [3.63, 3.8) is 0 Å². The van der Waals surface area contributed by atoms with Crippen molar-refractivity contribution >= 4 is 0 Å². The van der Waals surface area contributed by atoms with Crippen molar-refractivity contribution in [3.05, 3.63) is 0 Å². The van der Waals surface area contributed by atoms with Crippen molar-refractivity contribution < 1.29 is 43.0 Å². The Balaban J connectivity index is 0. The molecule has 0 aromatic carbocycles. The molecule has 0 fully saturated rings. The molecule has 0 unspecified atom stereocenters. The van der Waals surface area contributed by atoms with Crippen LogP contribution in [0.5, 0.6) is 0 Å². The van der Waals surface area contributed by atoms with Crippen molar-refractivity contribution in [2.45, 2.75) is 0 Å². The molecule has 0 spiro atoms. The van der Waals surface area contributed by atoms with Gasteiger partial charge in [-0.1, -0.05) is 0 Å². The van der Waals surface area contributed by atoms with E-state index in [4.69, 9.17) is 0 Å². The van der Waals surface area contributed by atoms with Gasteiger partial charge in [-0.2, -0.15) is 0 Å². The second-order valence-corrected chi connectivity index (χ2v) is 0. The molecular formula is H16N4O4Pt. The van der Waals surface area contributed by atoms with Crippen LogP contribution in [-0.4, -0.2) is 21.9 Å². The Morgan fingerprint density at radius 2 is 0.333 bits per heavy atom. The molecule has 0 heterocycles. The van der Waals surface area contributed by atoms with E-state index in [0.29, 0.717) is 0 Å². The molecule has 70 valence electrons. The summed E-state index contributed by atoms with van der Waals surface area (Å²) in [5, 5.41) is 0. The van der Waals surface area contributed by atoms with Crippen LogP contribution < -0.4 is 24.6 Å². The van der Waals surface area contributed by atoms with E-state index < -0.39 is 0 Å². The van der Waals surface area contributed by atoms with Crippen LogP contribution in [0.4, 0.5) is 0 Å². The van der Waals surface area contributed by atoms with Crippen LogP contribution in [0.2, 0.25) is 0 Å². The van der Waals surface area contributed by atoms with Crippen LogP contribution in [0.3, 0.4) is 0 Å². The molecule has 0 aliphatic heterocycles. The Morgan fingerprint density at radius 3 is 0.333 bits per heavy atom. The molecule has 0 aromatic rings. The van der Waals surface area contributed by atoms with Crippen LogP contribution in [0, 0.1) is 0 Å². The third kappa shape index (κ3) is 2500. The summed E-state index contributed by atoms with van der Waals surface area (Å²) < 4.78 is 0. The zero-order valence-electron chi connectivity index (χ0n) is 4.93. The first-order valence-corrected chi connectivity index (χ1v) is 0.